The number of aromatic nitrogens is 1. The summed E-state index contributed by atoms with van der Waals surface area (Å²) < 4.78 is 2.40. The highest BCUT2D eigenvalue weighted by molar-refractivity contribution is 6.10. The normalized spacial score (nSPS) is 12.9. The minimum atomic E-state index is -0.476. The van der Waals surface area contributed by atoms with Crippen molar-refractivity contribution in [2.45, 2.75) is 5.41 Å². The van der Waals surface area contributed by atoms with Crippen molar-refractivity contribution in [2.24, 2.45) is 0 Å². The number of hydrogen-bond acceptors (Lipinski definition) is 1. The lowest BCUT2D eigenvalue weighted by Crippen LogP contribution is -2.28. The van der Waals surface area contributed by atoms with Gasteiger partial charge in [-0.3, -0.25) is 0 Å². The zero-order valence-corrected chi connectivity index (χ0v) is 28.0. The Bertz CT molecular complexity index is 2640. The van der Waals surface area contributed by atoms with Gasteiger partial charge in [0.05, 0.1) is 22.1 Å². The third-order valence-electron chi connectivity index (χ3n) is 10.6. The van der Waals surface area contributed by atoms with Crippen molar-refractivity contribution in [3.05, 3.63) is 229 Å². The van der Waals surface area contributed by atoms with Crippen LogP contribution in [0.5, 0.6) is 0 Å². The van der Waals surface area contributed by atoms with Crippen molar-refractivity contribution < 1.29 is 0 Å². The molecule has 51 heavy (non-hydrogen) atoms. The van der Waals surface area contributed by atoms with Crippen LogP contribution in [-0.4, -0.2) is 4.57 Å². The first-order valence-electron chi connectivity index (χ1n) is 17.6. The number of rotatable bonds is 6. The summed E-state index contributed by atoms with van der Waals surface area (Å²) in [6.45, 7) is 0. The molecule has 240 valence electrons. The van der Waals surface area contributed by atoms with E-state index in [-0.39, 0.29) is 0 Å². The summed E-state index contributed by atoms with van der Waals surface area (Å²) in [5.74, 6) is 0. The van der Waals surface area contributed by atoms with Crippen LogP contribution in [0.25, 0.3) is 38.6 Å². The lowest BCUT2D eigenvalue weighted by atomic mass is 9.68. The second-order valence-corrected chi connectivity index (χ2v) is 13.3. The minimum Gasteiger partial charge on any atom is -0.310 e. The van der Waals surface area contributed by atoms with Crippen molar-refractivity contribution in [1.82, 2.24) is 4.57 Å². The Morgan fingerprint density at radius 1 is 0.392 bits per heavy atom. The standard InChI is InChI=1S/C49H34N2/c1-5-18-35(19-6-1)49(36-20-7-2-8-21-36)43-28-15-13-27-42(43)48-44(49)29-17-31-46(48)50(37-22-9-3-10-23-37)39-32-33-41-40-26-14-16-30-45(40)51(47(41)34-39)38-24-11-4-12-25-38/h1-34H. The van der Waals surface area contributed by atoms with E-state index < -0.39 is 5.41 Å². The average molecular weight is 651 g/mol. The Balaban J connectivity index is 1.29. The molecule has 0 radical (unpaired) electrons. The van der Waals surface area contributed by atoms with Gasteiger partial charge in [0.25, 0.3) is 0 Å². The Morgan fingerprint density at radius 3 is 1.69 bits per heavy atom. The number of para-hydroxylation sites is 3. The molecule has 10 rings (SSSR count). The summed E-state index contributed by atoms with van der Waals surface area (Å²) in [7, 11) is 0. The predicted octanol–water partition coefficient (Wildman–Crippen LogP) is 12.6. The molecule has 0 bridgehead atoms. The van der Waals surface area contributed by atoms with Crippen molar-refractivity contribution in [1.29, 1.82) is 0 Å². The van der Waals surface area contributed by atoms with E-state index in [9.17, 15) is 0 Å². The molecule has 2 nitrogen and oxygen atoms in total. The summed E-state index contributed by atoms with van der Waals surface area (Å²) >= 11 is 0. The highest BCUT2D eigenvalue weighted by atomic mass is 15.1. The van der Waals surface area contributed by atoms with Crippen molar-refractivity contribution >= 4 is 38.9 Å². The highest BCUT2D eigenvalue weighted by Crippen LogP contribution is 2.59. The third kappa shape index (κ3) is 4.36. The van der Waals surface area contributed by atoms with E-state index in [0.29, 0.717) is 0 Å². The molecule has 0 spiro atoms. The van der Waals surface area contributed by atoms with Gasteiger partial charge in [0.2, 0.25) is 0 Å². The zero-order valence-electron chi connectivity index (χ0n) is 28.0. The van der Waals surface area contributed by atoms with E-state index in [1.54, 1.807) is 0 Å². The molecule has 0 saturated heterocycles. The molecule has 9 aromatic rings. The van der Waals surface area contributed by atoms with Crippen molar-refractivity contribution in [3.8, 4) is 16.8 Å². The Morgan fingerprint density at radius 2 is 0.961 bits per heavy atom. The lowest BCUT2D eigenvalue weighted by Gasteiger charge is -2.34. The van der Waals surface area contributed by atoms with Crippen LogP contribution in [-0.2, 0) is 5.41 Å². The molecule has 2 heteroatoms. The second-order valence-electron chi connectivity index (χ2n) is 13.3. The van der Waals surface area contributed by atoms with Crippen LogP contribution in [0.1, 0.15) is 22.3 Å². The molecule has 0 atom stereocenters. The van der Waals surface area contributed by atoms with Crippen LogP contribution in [0.3, 0.4) is 0 Å². The summed E-state index contributed by atoms with van der Waals surface area (Å²) in [4.78, 5) is 2.45. The topological polar surface area (TPSA) is 8.17 Å². The van der Waals surface area contributed by atoms with Crippen molar-refractivity contribution in [2.75, 3.05) is 4.90 Å². The summed E-state index contributed by atoms with van der Waals surface area (Å²) in [6, 6.07) is 75.2. The first-order valence-corrected chi connectivity index (χ1v) is 17.6. The lowest BCUT2D eigenvalue weighted by molar-refractivity contribution is 0.768. The molecule has 1 aromatic heterocycles. The fraction of sp³-hybridized carbons (Fsp3) is 0.0204. The molecule has 1 aliphatic rings. The Hall–Kier alpha value is -6.64. The van der Waals surface area contributed by atoms with E-state index in [0.717, 1.165) is 22.7 Å². The van der Waals surface area contributed by atoms with Gasteiger partial charge >= 0.3 is 0 Å². The number of nitrogens with zero attached hydrogens (tertiary/aromatic N) is 2. The van der Waals surface area contributed by atoms with Crippen LogP contribution in [0.4, 0.5) is 17.1 Å². The predicted molar refractivity (Wildman–Crippen MR) is 213 cm³/mol. The number of fused-ring (bicyclic) bond motifs is 6. The molecule has 0 saturated carbocycles. The molecular weight excluding hydrogens is 617 g/mol. The largest absolute Gasteiger partial charge is 0.310 e. The fourth-order valence-electron chi connectivity index (χ4n) is 8.62. The van der Waals surface area contributed by atoms with Crippen LogP contribution in [0.15, 0.2) is 206 Å². The first-order chi connectivity index (χ1) is 25.3. The summed E-state index contributed by atoms with van der Waals surface area (Å²) in [5.41, 5.74) is 14.1. The van der Waals surface area contributed by atoms with E-state index in [1.165, 1.54) is 55.2 Å². The highest BCUT2D eigenvalue weighted by Gasteiger charge is 2.47. The number of anilines is 3. The quantitative estimate of drug-likeness (QED) is 0.174. The van der Waals surface area contributed by atoms with Crippen LogP contribution in [0, 0.1) is 0 Å². The fourth-order valence-corrected chi connectivity index (χ4v) is 8.62. The van der Waals surface area contributed by atoms with Crippen LogP contribution < -0.4 is 4.90 Å². The molecule has 8 aromatic carbocycles. The van der Waals surface area contributed by atoms with Crippen molar-refractivity contribution in [3.63, 3.8) is 0 Å². The molecular formula is C49H34N2. The van der Waals surface area contributed by atoms with E-state index >= 15 is 0 Å². The van der Waals surface area contributed by atoms with Gasteiger partial charge in [-0.15, -0.1) is 0 Å². The summed E-state index contributed by atoms with van der Waals surface area (Å²) in [5, 5.41) is 2.49. The third-order valence-corrected chi connectivity index (χ3v) is 10.6. The van der Waals surface area contributed by atoms with E-state index in [1.807, 2.05) is 0 Å². The van der Waals surface area contributed by atoms with Gasteiger partial charge in [0.1, 0.15) is 0 Å². The molecule has 1 aliphatic carbocycles. The van der Waals surface area contributed by atoms with Gasteiger partial charge in [0.15, 0.2) is 0 Å². The maximum absolute atomic E-state index is 2.45. The van der Waals surface area contributed by atoms with Gasteiger partial charge in [0, 0.05) is 33.4 Å². The van der Waals surface area contributed by atoms with Crippen LogP contribution >= 0.6 is 0 Å². The molecule has 0 fully saturated rings. The first kappa shape index (κ1) is 29.3. The SMILES string of the molecule is c1ccc(N(c2ccc3c4ccccc4n(-c4ccccc4)c3c2)c2cccc3c2-c2ccccc2C3(c2ccccc2)c2ccccc2)cc1. The van der Waals surface area contributed by atoms with Gasteiger partial charge in [-0.2, -0.15) is 0 Å². The second kappa shape index (κ2) is 11.8. The van der Waals surface area contributed by atoms with Gasteiger partial charge < -0.3 is 9.47 Å². The van der Waals surface area contributed by atoms with Gasteiger partial charge in [-0.25, -0.2) is 0 Å². The molecule has 0 N–H and O–H groups in total. The van der Waals surface area contributed by atoms with E-state index in [4.69, 9.17) is 0 Å². The zero-order chi connectivity index (χ0) is 33.8. The molecule has 1 heterocycles. The monoisotopic (exact) mass is 650 g/mol. The minimum absolute atomic E-state index is 0.476. The smallest absolute Gasteiger partial charge is 0.0714 e. The number of benzene rings is 8. The van der Waals surface area contributed by atoms with Gasteiger partial charge in [-0.1, -0.05) is 158 Å². The Kier molecular flexibility index (Phi) is 6.75. The average Bonchev–Trinajstić information content (AvgIpc) is 3.70. The number of hydrogen-bond donors (Lipinski definition) is 0. The van der Waals surface area contributed by atoms with Crippen LogP contribution in [0.2, 0.25) is 0 Å². The van der Waals surface area contributed by atoms with E-state index in [2.05, 4.69) is 216 Å². The Labute approximate surface area is 298 Å². The molecule has 0 unspecified atom stereocenters. The molecule has 0 amide bonds. The maximum Gasteiger partial charge on any atom is 0.0714 e. The molecule has 0 aliphatic heterocycles. The summed E-state index contributed by atoms with van der Waals surface area (Å²) in [6.07, 6.45) is 0. The van der Waals surface area contributed by atoms with Gasteiger partial charge in [-0.05, 0) is 76.3 Å². The maximum atomic E-state index is 2.45.